The van der Waals surface area contributed by atoms with Gasteiger partial charge < -0.3 is 20.8 Å². The van der Waals surface area contributed by atoms with Crippen molar-refractivity contribution in [1.29, 1.82) is 0 Å². The fraction of sp³-hybridized carbons (Fsp3) is 0.889. The normalized spacial score (nSPS) is 12.9. The Morgan fingerprint density at radius 2 is 2.07 bits per heavy atom. The van der Waals surface area contributed by atoms with E-state index in [1.807, 2.05) is 13.8 Å². The van der Waals surface area contributed by atoms with Crippen LogP contribution in [0, 0.1) is 0 Å². The van der Waals surface area contributed by atoms with Gasteiger partial charge >= 0.3 is 0 Å². The monoisotopic (exact) mass is 204 g/mol. The SMILES string of the molecule is CC(C)NC(=O)CCNCC(O)CO. The van der Waals surface area contributed by atoms with Crippen LogP contribution in [0.5, 0.6) is 0 Å². The molecule has 1 unspecified atom stereocenters. The lowest BCUT2D eigenvalue weighted by atomic mass is 10.3. The van der Waals surface area contributed by atoms with E-state index in [1.54, 1.807) is 0 Å². The van der Waals surface area contributed by atoms with Gasteiger partial charge in [-0.3, -0.25) is 4.79 Å². The molecule has 5 heteroatoms. The Hall–Kier alpha value is -0.650. The maximum Gasteiger partial charge on any atom is 0.221 e. The Morgan fingerprint density at radius 3 is 2.57 bits per heavy atom. The molecule has 0 aromatic rings. The van der Waals surface area contributed by atoms with E-state index < -0.39 is 6.10 Å². The average molecular weight is 204 g/mol. The smallest absolute Gasteiger partial charge is 0.221 e. The molecule has 84 valence electrons. The molecular weight excluding hydrogens is 184 g/mol. The van der Waals surface area contributed by atoms with Crippen molar-refractivity contribution in [3.8, 4) is 0 Å². The summed E-state index contributed by atoms with van der Waals surface area (Å²) in [5, 5.41) is 23.1. The van der Waals surface area contributed by atoms with Gasteiger partial charge in [0.2, 0.25) is 5.91 Å². The molecule has 4 N–H and O–H groups in total. The van der Waals surface area contributed by atoms with E-state index >= 15 is 0 Å². The van der Waals surface area contributed by atoms with Crippen LogP contribution >= 0.6 is 0 Å². The molecule has 5 nitrogen and oxygen atoms in total. The zero-order valence-corrected chi connectivity index (χ0v) is 8.79. The molecule has 0 fully saturated rings. The molecule has 0 radical (unpaired) electrons. The number of amides is 1. The molecule has 1 amide bonds. The van der Waals surface area contributed by atoms with E-state index in [2.05, 4.69) is 10.6 Å². The maximum atomic E-state index is 11.1. The van der Waals surface area contributed by atoms with E-state index in [9.17, 15) is 4.79 Å². The van der Waals surface area contributed by atoms with Gasteiger partial charge in [0.15, 0.2) is 0 Å². The summed E-state index contributed by atoms with van der Waals surface area (Å²) in [7, 11) is 0. The van der Waals surface area contributed by atoms with Crippen LogP contribution in [0.2, 0.25) is 0 Å². The summed E-state index contributed by atoms with van der Waals surface area (Å²) in [5.74, 6) is -0.00834. The first kappa shape index (κ1) is 13.4. The summed E-state index contributed by atoms with van der Waals surface area (Å²) >= 11 is 0. The molecule has 0 heterocycles. The second-order valence-electron chi connectivity index (χ2n) is 3.51. The Balaban J connectivity index is 3.31. The van der Waals surface area contributed by atoms with Crippen LogP contribution in [-0.4, -0.2) is 48.0 Å². The predicted octanol–water partition coefficient (Wildman–Crippen LogP) is -1.16. The first-order chi connectivity index (χ1) is 6.56. The van der Waals surface area contributed by atoms with Gasteiger partial charge in [-0.25, -0.2) is 0 Å². The quantitative estimate of drug-likeness (QED) is 0.394. The highest BCUT2D eigenvalue weighted by Crippen LogP contribution is 1.83. The molecule has 1 atom stereocenters. The fourth-order valence-electron chi connectivity index (χ4n) is 0.929. The molecule has 14 heavy (non-hydrogen) atoms. The van der Waals surface area contributed by atoms with E-state index in [1.165, 1.54) is 0 Å². The Labute approximate surface area is 84.5 Å². The number of rotatable bonds is 7. The lowest BCUT2D eigenvalue weighted by molar-refractivity contribution is -0.121. The Morgan fingerprint density at radius 1 is 1.43 bits per heavy atom. The number of aliphatic hydroxyl groups is 2. The Bertz CT molecular complexity index is 162. The molecule has 0 aromatic heterocycles. The third-order valence-corrected chi connectivity index (χ3v) is 1.57. The average Bonchev–Trinajstić information content (AvgIpc) is 2.10. The van der Waals surface area contributed by atoms with Gasteiger partial charge in [-0.05, 0) is 13.8 Å². The number of carbonyl (C=O) groups excluding carboxylic acids is 1. The van der Waals surface area contributed by atoms with Gasteiger partial charge in [-0.1, -0.05) is 0 Å². The highest BCUT2D eigenvalue weighted by Gasteiger charge is 2.04. The summed E-state index contributed by atoms with van der Waals surface area (Å²) in [6, 6.07) is 0.158. The van der Waals surface area contributed by atoms with Crippen LogP contribution in [0.25, 0.3) is 0 Å². The second-order valence-corrected chi connectivity index (χ2v) is 3.51. The molecule has 0 bridgehead atoms. The molecule has 0 rings (SSSR count). The fourth-order valence-corrected chi connectivity index (χ4v) is 0.929. The molecule has 0 aromatic carbocycles. The number of nitrogens with one attached hydrogen (secondary N) is 2. The molecule has 0 saturated heterocycles. The van der Waals surface area contributed by atoms with Crippen molar-refractivity contribution in [3.05, 3.63) is 0 Å². The number of carbonyl (C=O) groups is 1. The van der Waals surface area contributed by atoms with E-state index in [0.717, 1.165) is 0 Å². The van der Waals surface area contributed by atoms with Gasteiger partial charge in [0, 0.05) is 25.6 Å². The summed E-state index contributed by atoms with van der Waals surface area (Å²) in [5.41, 5.74) is 0. The van der Waals surface area contributed by atoms with Crippen molar-refractivity contribution in [2.75, 3.05) is 19.7 Å². The highest BCUT2D eigenvalue weighted by molar-refractivity contribution is 5.76. The molecule has 0 aliphatic carbocycles. The number of hydrogen-bond donors (Lipinski definition) is 4. The van der Waals surface area contributed by atoms with Crippen molar-refractivity contribution in [3.63, 3.8) is 0 Å². The molecule has 0 aliphatic heterocycles. The molecule has 0 saturated carbocycles. The third kappa shape index (κ3) is 7.97. The number of aliphatic hydroxyl groups excluding tert-OH is 2. The van der Waals surface area contributed by atoms with Crippen LogP contribution in [0.3, 0.4) is 0 Å². The summed E-state index contributed by atoms with van der Waals surface area (Å²) in [6.45, 7) is 4.37. The second kappa shape index (κ2) is 7.73. The van der Waals surface area contributed by atoms with Gasteiger partial charge in [0.25, 0.3) is 0 Å². The molecule has 0 spiro atoms. The minimum atomic E-state index is -0.747. The lowest BCUT2D eigenvalue weighted by Gasteiger charge is -2.10. The topological polar surface area (TPSA) is 81.6 Å². The van der Waals surface area contributed by atoms with Crippen LogP contribution in [0.1, 0.15) is 20.3 Å². The first-order valence-corrected chi connectivity index (χ1v) is 4.85. The maximum absolute atomic E-state index is 11.1. The van der Waals surface area contributed by atoms with Crippen molar-refractivity contribution < 1.29 is 15.0 Å². The predicted molar refractivity (Wildman–Crippen MR) is 53.9 cm³/mol. The van der Waals surface area contributed by atoms with E-state index in [0.29, 0.717) is 19.5 Å². The first-order valence-electron chi connectivity index (χ1n) is 4.85. The minimum Gasteiger partial charge on any atom is -0.394 e. The Kier molecular flexibility index (Phi) is 7.37. The van der Waals surface area contributed by atoms with E-state index in [-0.39, 0.29) is 18.6 Å². The number of hydrogen-bond acceptors (Lipinski definition) is 4. The lowest BCUT2D eigenvalue weighted by Crippen LogP contribution is -2.35. The highest BCUT2D eigenvalue weighted by atomic mass is 16.3. The van der Waals surface area contributed by atoms with Crippen molar-refractivity contribution in [2.24, 2.45) is 0 Å². The molecular formula is C9H20N2O3. The van der Waals surface area contributed by atoms with Crippen molar-refractivity contribution in [2.45, 2.75) is 32.4 Å². The van der Waals surface area contributed by atoms with Crippen LogP contribution in [0.4, 0.5) is 0 Å². The van der Waals surface area contributed by atoms with Gasteiger partial charge in [-0.2, -0.15) is 0 Å². The molecule has 0 aliphatic rings. The van der Waals surface area contributed by atoms with Crippen molar-refractivity contribution in [1.82, 2.24) is 10.6 Å². The zero-order valence-electron chi connectivity index (χ0n) is 8.79. The van der Waals surface area contributed by atoms with Crippen molar-refractivity contribution >= 4 is 5.91 Å². The standard InChI is InChI=1S/C9H20N2O3/c1-7(2)11-9(14)3-4-10-5-8(13)6-12/h7-8,10,12-13H,3-6H2,1-2H3,(H,11,14). The minimum absolute atomic E-state index is 0.00834. The summed E-state index contributed by atoms with van der Waals surface area (Å²) < 4.78 is 0. The van der Waals surface area contributed by atoms with Gasteiger partial charge in [-0.15, -0.1) is 0 Å². The third-order valence-electron chi connectivity index (χ3n) is 1.57. The van der Waals surface area contributed by atoms with Crippen LogP contribution in [-0.2, 0) is 4.79 Å². The van der Waals surface area contributed by atoms with Gasteiger partial charge in [0.1, 0.15) is 0 Å². The summed E-state index contributed by atoms with van der Waals surface area (Å²) in [6.07, 6.45) is -0.362. The van der Waals surface area contributed by atoms with Crippen LogP contribution in [0.15, 0.2) is 0 Å². The zero-order chi connectivity index (χ0) is 11.0. The largest absolute Gasteiger partial charge is 0.394 e. The van der Waals surface area contributed by atoms with Gasteiger partial charge in [0.05, 0.1) is 12.7 Å². The van der Waals surface area contributed by atoms with Crippen LogP contribution < -0.4 is 10.6 Å². The summed E-state index contributed by atoms with van der Waals surface area (Å²) in [4.78, 5) is 11.1. The van der Waals surface area contributed by atoms with E-state index in [4.69, 9.17) is 10.2 Å².